The Bertz CT molecular complexity index is 747. The van der Waals surface area contributed by atoms with Crippen LogP contribution in [0, 0.1) is 20.9 Å². The molecule has 4 aliphatic rings. The largest absolute Gasteiger partial charge is 0.456 e. The quantitative estimate of drug-likeness (QED) is 0.476. The van der Waals surface area contributed by atoms with Crippen molar-refractivity contribution in [2.45, 2.75) is 63.3 Å². The Morgan fingerprint density at radius 2 is 1.92 bits per heavy atom. The highest BCUT2D eigenvalue weighted by atomic mass is 16.6. The van der Waals surface area contributed by atoms with E-state index in [4.69, 9.17) is 9.47 Å². The molecule has 4 fully saturated rings. The lowest BCUT2D eigenvalue weighted by Gasteiger charge is -2.65. The van der Waals surface area contributed by atoms with Crippen LogP contribution in [-0.2, 0) is 9.47 Å². The van der Waals surface area contributed by atoms with Crippen LogP contribution in [-0.4, -0.2) is 29.2 Å². The summed E-state index contributed by atoms with van der Waals surface area (Å²) in [4.78, 5) is 22.8. The van der Waals surface area contributed by atoms with E-state index in [9.17, 15) is 14.9 Å². The summed E-state index contributed by atoms with van der Waals surface area (Å²) in [5.41, 5.74) is 0.990. The van der Waals surface area contributed by atoms with E-state index in [0.717, 1.165) is 19.3 Å². The van der Waals surface area contributed by atoms with Gasteiger partial charge in [-0.2, -0.15) is 0 Å². The number of rotatable bonds is 3. The van der Waals surface area contributed by atoms with E-state index >= 15 is 0 Å². The third kappa shape index (κ3) is 1.97. The van der Waals surface area contributed by atoms with Crippen molar-refractivity contribution in [3.8, 4) is 0 Å². The van der Waals surface area contributed by atoms with Crippen LogP contribution in [0.1, 0.15) is 55.3 Å². The number of nitrogens with zero attached hydrogens (tertiary/aromatic N) is 1. The van der Waals surface area contributed by atoms with E-state index in [1.807, 2.05) is 0 Å². The first-order chi connectivity index (χ1) is 12.0. The fourth-order valence-corrected chi connectivity index (χ4v) is 6.06. The average Bonchev–Trinajstić information content (AvgIpc) is 2.75. The van der Waals surface area contributed by atoms with Crippen molar-refractivity contribution in [3.63, 3.8) is 0 Å². The lowest BCUT2D eigenvalue weighted by atomic mass is 9.39. The maximum atomic E-state index is 12.5. The molecule has 0 amide bonds. The van der Waals surface area contributed by atoms with Crippen molar-refractivity contribution in [3.05, 3.63) is 39.9 Å². The van der Waals surface area contributed by atoms with Gasteiger partial charge in [0.15, 0.2) is 0 Å². The zero-order valence-corrected chi connectivity index (χ0v) is 14.0. The second kappa shape index (κ2) is 5.04. The number of esters is 1. The number of carbonyl (C=O) groups is 1. The summed E-state index contributed by atoms with van der Waals surface area (Å²) >= 11 is 0. The summed E-state index contributed by atoms with van der Waals surface area (Å²) in [6.07, 6.45) is 8.28. The molecule has 0 unspecified atom stereocenters. The summed E-state index contributed by atoms with van der Waals surface area (Å²) in [6.45, 7) is 0. The molecule has 25 heavy (non-hydrogen) atoms. The molecular weight excluding hydrogens is 322 g/mol. The van der Waals surface area contributed by atoms with Crippen LogP contribution in [0.25, 0.3) is 0 Å². The number of ether oxygens (including phenoxy) is 2. The fraction of sp³-hybridized carbons (Fsp3) is 0.632. The maximum Gasteiger partial charge on any atom is 0.338 e. The molecule has 1 aliphatic heterocycles. The third-order valence-corrected chi connectivity index (χ3v) is 7.26. The minimum Gasteiger partial charge on any atom is -0.456 e. The van der Waals surface area contributed by atoms with E-state index in [0.29, 0.717) is 22.5 Å². The van der Waals surface area contributed by atoms with Gasteiger partial charge in [0.05, 0.1) is 22.7 Å². The molecule has 5 atom stereocenters. The molecule has 1 heterocycles. The topological polar surface area (TPSA) is 78.7 Å². The average molecular weight is 343 g/mol. The predicted octanol–water partition coefficient (Wildman–Crippen LogP) is 3.63. The molecule has 132 valence electrons. The van der Waals surface area contributed by atoms with Crippen molar-refractivity contribution < 1.29 is 19.2 Å². The molecular formula is C19H21NO5. The lowest BCUT2D eigenvalue weighted by molar-refractivity contribution is -0.384. The minimum absolute atomic E-state index is 0.0146. The van der Waals surface area contributed by atoms with Crippen molar-refractivity contribution in [1.82, 2.24) is 0 Å². The van der Waals surface area contributed by atoms with Gasteiger partial charge < -0.3 is 9.47 Å². The van der Waals surface area contributed by atoms with E-state index in [1.54, 1.807) is 0 Å². The first kappa shape index (κ1) is 15.3. The first-order valence-corrected chi connectivity index (χ1v) is 9.14. The molecule has 2 bridgehead atoms. The molecule has 5 rings (SSSR count). The van der Waals surface area contributed by atoms with Gasteiger partial charge in [-0.05, 0) is 49.7 Å². The number of hydrogen-bond acceptors (Lipinski definition) is 5. The third-order valence-electron chi connectivity index (χ3n) is 7.26. The van der Waals surface area contributed by atoms with Crippen molar-refractivity contribution in [2.24, 2.45) is 10.8 Å². The Morgan fingerprint density at radius 1 is 1.16 bits per heavy atom. The number of non-ortho nitro benzene ring substituents is 1. The molecule has 3 saturated carbocycles. The van der Waals surface area contributed by atoms with Gasteiger partial charge >= 0.3 is 5.97 Å². The van der Waals surface area contributed by atoms with Crippen molar-refractivity contribution >= 4 is 11.7 Å². The van der Waals surface area contributed by atoms with Gasteiger partial charge in [-0.15, -0.1) is 0 Å². The number of benzene rings is 1. The molecule has 1 aromatic rings. The zero-order valence-electron chi connectivity index (χ0n) is 14.0. The van der Waals surface area contributed by atoms with Crippen LogP contribution in [0.4, 0.5) is 5.69 Å². The number of nitro groups is 1. The highest BCUT2D eigenvalue weighted by Crippen LogP contribution is 2.75. The zero-order chi connectivity index (χ0) is 17.2. The maximum absolute atomic E-state index is 12.5. The number of fused-ring (bicyclic) bond motifs is 1. The standard InChI is InChI=1S/C19H21NO5/c21-17(12-3-5-13(6-4-12)20(22)23)25-14-9-18-7-1-2-8-19(18)10-15(14)24-16(19)11-18/h3-6,14-16H,1-2,7-11H2/t14-,15-,16-,18-,19+/m1/s1. The van der Waals surface area contributed by atoms with Gasteiger partial charge in [0.1, 0.15) is 6.10 Å². The molecule has 0 aromatic heterocycles. The SMILES string of the molecule is O=C(O[C@@H]1C[C@@]23CCCC[C@@]24C[C@H]1O[C@@H]4C3)c1ccc([N+](=O)[O-])cc1. The summed E-state index contributed by atoms with van der Waals surface area (Å²) in [5.74, 6) is -0.410. The normalized spacial score (nSPS) is 40.7. The summed E-state index contributed by atoms with van der Waals surface area (Å²) in [6, 6.07) is 5.60. The number of hydrogen-bond donors (Lipinski definition) is 0. The minimum atomic E-state index is -0.475. The van der Waals surface area contributed by atoms with Crippen LogP contribution >= 0.6 is 0 Å². The highest BCUT2D eigenvalue weighted by Gasteiger charge is 2.74. The smallest absolute Gasteiger partial charge is 0.338 e. The van der Waals surface area contributed by atoms with Crippen LogP contribution in [0.3, 0.4) is 0 Å². The summed E-state index contributed by atoms with van der Waals surface area (Å²) in [7, 11) is 0. The monoisotopic (exact) mass is 343 g/mol. The second-order valence-electron chi connectivity index (χ2n) is 8.17. The Balaban J connectivity index is 1.33. The van der Waals surface area contributed by atoms with Gasteiger partial charge in [-0.1, -0.05) is 12.8 Å². The van der Waals surface area contributed by atoms with Crippen LogP contribution in [0.15, 0.2) is 24.3 Å². The molecule has 3 aliphatic carbocycles. The molecule has 6 nitrogen and oxygen atoms in total. The Hall–Kier alpha value is -1.95. The first-order valence-electron chi connectivity index (χ1n) is 9.14. The molecule has 0 radical (unpaired) electrons. The summed E-state index contributed by atoms with van der Waals surface area (Å²) in [5, 5.41) is 10.7. The second-order valence-corrected chi connectivity index (χ2v) is 8.17. The molecule has 1 saturated heterocycles. The van der Waals surface area contributed by atoms with Gasteiger partial charge in [-0.25, -0.2) is 4.79 Å². The Morgan fingerprint density at radius 3 is 2.68 bits per heavy atom. The van der Waals surface area contributed by atoms with E-state index in [2.05, 4.69) is 0 Å². The van der Waals surface area contributed by atoms with Crippen LogP contribution in [0.2, 0.25) is 0 Å². The van der Waals surface area contributed by atoms with E-state index in [1.165, 1.54) is 49.9 Å². The van der Waals surface area contributed by atoms with Crippen molar-refractivity contribution in [2.75, 3.05) is 0 Å². The van der Waals surface area contributed by atoms with Gasteiger partial charge in [0.2, 0.25) is 0 Å². The van der Waals surface area contributed by atoms with E-state index < -0.39 is 10.9 Å². The van der Waals surface area contributed by atoms with Gasteiger partial charge in [0, 0.05) is 17.5 Å². The fourth-order valence-electron chi connectivity index (χ4n) is 6.06. The molecule has 6 heteroatoms. The predicted molar refractivity (Wildman–Crippen MR) is 88.1 cm³/mol. The van der Waals surface area contributed by atoms with Gasteiger partial charge in [-0.3, -0.25) is 10.1 Å². The Kier molecular flexibility index (Phi) is 3.08. The molecule has 0 N–H and O–H groups in total. The summed E-state index contributed by atoms with van der Waals surface area (Å²) < 4.78 is 12.1. The molecule has 1 aromatic carbocycles. The van der Waals surface area contributed by atoms with Crippen LogP contribution in [0.5, 0.6) is 0 Å². The number of carbonyl (C=O) groups excluding carboxylic acids is 1. The molecule has 1 spiro atoms. The van der Waals surface area contributed by atoms with Gasteiger partial charge in [0.25, 0.3) is 5.69 Å². The van der Waals surface area contributed by atoms with Crippen molar-refractivity contribution in [1.29, 1.82) is 0 Å². The van der Waals surface area contributed by atoms with Crippen LogP contribution < -0.4 is 0 Å². The van der Waals surface area contributed by atoms with E-state index in [-0.39, 0.29) is 17.9 Å². The lowest BCUT2D eigenvalue weighted by Crippen LogP contribution is -2.63. The number of nitro benzene ring substituents is 1. The highest BCUT2D eigenvalue weighted by molar-refractivity contribution is 5.89. The Labute approximate surface area is 145 Å².